The third-order valence-electron chi connectivity index (χ3n) is 4.09. The van der Waals surface area contributed by atoms with E-state index in [1.165, 1.54) is 11.3 Å². The lowest BCUT2D eigenvalue weighted by Gasteiger charge is -2.14. The van der Waals surface area contributed by atoms with Gasteiger partial charge in [0.2, 0.25) is 0 Å². The first kappa shape index (κ1) is 20.4. The molecule has 3 rings (SSSR count). The van der Waals surface area contributed by atoms with E-state index in [1.807, 2.05) is 47.8 Å². The summed E-state index contributed by atoms with van der Waals surface area (Å²) in [4.78, 5) is 16.7. The molecule has 7 heteroatoms. The van der Waals surface area contributed by atoms with E-state index in [1.54, 1.807) is 7.11 Å². The van der Waals surface area contributed by atoms with Crippen LogP contribution in [0.15, 0.2) is 52.3 Å². The number of hydrogen-bond donors (Lipinski definition) is 1. The van der Waals surface area contributed by atoms with Gasteiger partial charge in [-0.1, -0.05) is 29.8 Å². The summed E-state index contributed by atoms with van der Waals surface area (Å²) in [7, 11) is 1.63. The average molecular weight is 461 g/mol. The maximum atomic E-state index is 12.3. The quantitative estimate of drug-likeness (QED) is 0.489. The van der Waals surface area contributed by atoms with Gasteiger partial charge < -0.3 is 9.47 Å². The third-order valence-corrected chi connectivity index (χ3v) is 5.34. The molecule has 5 nitrogen and oxygen atoms in total. The zero-order valence-corrected chi connectivity index (χ0v) is 18.3. The molecule has 1 amide bonds. The van der Waals surface area contributed by atoms with Gasteiger partial charge in [0.1, 0.15) is 11.5 Å². The molecule has 0 aliphatic rings. The number of benzene rings is 2. The van der Waals surface area contributed by atoms with Crippen molar-refractivity contribution >= 4 is 38.3 Å². The molecule has 0 saturated carbocycles. The van der Waals surface area contributed by atoms with Gasteiger partial charge in [0.05, 0.1) is 12.8 Å². The topological polar surface area (TPSA) is 60.5 Å². The second-order valence-electron chi connectivity index (χ2n) is 6.44. The standard InChI is InChI=1S/C21H21BrN2O3S/c1-13(2)17-10-15(22)6-9-19(17)27-11-20(25)24-21-23-18(12-28-21)14-4-7-16(26-3)8-5-14/h4-10,12-13H,11H2,1-3H3,(H,23,24,25). The number of hydrogen-bond acceptors (Lipinski definition) is 5. The largest absolute Gasteiger partial charge is 0.497 e. The first-order valence-corrected chi connectivity index (χ1v) is 10.5. The number of thiazole rings is 1. The van der Waals surface area contributed by atoms with Gasteiger partial charge in [0.15, 0.2) is 11.7 Å². The van der Waals surface area contributed by atoms with E-state index < -0.39 is 0 Å². The SMILES string of the molecule is COc1ccc(-c2csc(NC(=O)COc3ccc(Br)cc3C(C)C)n2)cc1. The lowest BCUT2D eigenvalue weighted by atomic mass is 10.0. The molecular formula is C21H21BrN2O3S. The molecule has 0 aliphatic heterocycles. The number of halogens is 1. The molecule has 0 aliphatic carbocycles. The van der Waals surface area contributed by atoms with Crippen LogP contribution < -0.4 is 14.8 Å². The number of nitrogens with zero attached hydrogens (tertiary/aromatic N) is 1. The molecule has 0 saturated heterocycles. The molecule has 28 heavy (non-hydrogen) atoms. The molecular weight excluding hydrogens is 440 g/mol. The maximum absolute atomic E-state index is 12.3. The number of rotatable bonds is 7. The fourth-order valence-corrected chi connectivity index (χ4v) is 3.74. The summed E-state index contributed by atoms with van der Waals surface area (Å²) in [5, 5.41) is 5.24. The monoisotopic (exact) mass is 460 g/mol. The Labute approximate surface area is 176 Å². The minimum atomic E-state index is -0.242. The molecule has 0 fully saturated rings. The Morgan fingerprint density at radius 2 is 1.96 bits per heavy atom. The van der Waals surface area contributed by atoms with Gasteiger partial charge in [0.25, 0.3) is 5.91 Å². The number of amides is 1. The zero-order valence-electron chi connectivity index (χ0n) is 15.9. The number of anilines is 1. The van der Waals surface area contributed by atoms with Crippen LogP contribution in [0.2, 0.25) is 0 Å². The van der Waals surface area contributed by atoms with Crippen LogP contribution in [0.25, 0.3) is 11.3 Å². The summed E-state index contributed by atoms with van der Waals surface area (Å²) in [6.45, 7) is 4.11. The van der Waals surface area contributed by atoms with Crippen molar-refractivity contribution in [2.45, 2.75) is 19.8 Å². The highest BCUT2D eigenvalue weighted by Gasteiger charge is 2.12. The highest BCUT2D eigenvalue weighted by Crippen LogP contribution is 2.30. The van der Waals surface area contributed by atoms with E-state index >= 15 is 0 Å². The van der Waals surface area contributed by atoms with Gasteiger partial charge in [-0.2, -0.15) is 0 Å². The highest BCUT2D eigenvalue weighted by molar-refractivity contribution is 9.10. The van der Waals surface area contributed by atoms with E-state index in [-0.39, 0.29) is 12.5 Å². The molecule has 1 N–H and O–H groups in total. The second-order valence-corrected chi connectivity index (χ2v) is 8.21. The second kappa shape index (κ2) is 9.21. The summed E-state index contributed by atoms with van der Waals surface area (Å²) in [6, 6.07) is 13.4. The van der Waals surface area contributed by atoms with Crippen LogP contribution in [0.1, 0.15) is 25.3 Å². The van der Waals surface area contributed by atoms with Gasteiger partial charge >= 0.3 is 0 Å². The molecule has 1 heterocycles. The molecule has 1 aromatic heterocycles. The van der Waals surface area contributed by atoms with Crippen molar-refractivity contribution < 1.29 is 14.3 Å². The summed E-state index contributed by atoms with van der Waals surface area (Å²) in [6.07, 6.45) is 0. The van der Waals surface area contributed by atoms with Crippen LogP contribution in [0, 0.1) is 0 Å². The zero-order chi connectivity index (χ0) is 20.1. The predicted octanol–water partition coefficient (Wildman–Crippen LogP) is 5.72. The van der Waals surface area contributed by atoms with Crippen molar-refractivity contribution in [2.24, 2.45) is 0 Å². The van der Waals surface area contributed by atoms with Crippen molar-refractivity contribution in [3.8, 4) is 22.8 Å². The van der Waals surface area contributed by atoms with E-state index in [0.29, 0.717) is 16.8 Å². The minimum absolute atomic E-state index is 0.0706. The first-order valence-electron chi connectivity index (χ1n) is 8.78. The van der Waals surface area contributed by atoms with Crippen molar-refractivity contribution in [1.82, 2.24) is 4.98 Å². The Kier molecular flexibility index (Phi) is 6.70. The fourth-order valence-electron chi connectivity index (χ4n) is 2.63. The van der Waals surface area contributed by atoms with E-state index in [9.17, 15) is 4.79 Å². The number of methoxy groups -OCH3 is 1. The lowest BCUT2D eigenvalue weighted by Crippen LogP contribution is -2.20. The Hall–Kier alpha value is -2.38. The summed E-state index contributed by atoms with van der Waals surface area (Å²) >= 11 is 4.85. The fraction of sp³-hybridized carbons (Fsp3) is 0.238. The number of ether oxygens (including phenoxy) is 2. The number of nitrogens with one attached hydrogen (secondary N) is 1. The molecule has 146 valence electrons. The predicted molar refractivity (Wildman–Crippen MR) is 116 cm³/mol. The van der Waals surface area contributed by atoms with Gasteiger partial charge in [-0.05, 0) is 53.9 Å². The smallest absolute Gasteiger partial charge is 0.264 e. The summed E-state index contributed by atoms with van der Waals surface area (Å²) in [5.41, 5.74) is 2.82. The van der Waals surface area contributed by atoms with Gasteiger partial charge in [-0.15, -0.1) is 11.3 Å². The average Bonchev–Trinajstić information content (AvgIpc) is 3.15. The van der Waals surface area contributed by atoms with E-state index in [2.05, 4.69) is 40.1 Å². The molecule has 0 atom stereocenters. The van der Waals surface area contributed by atoms with Crippen LogP contribution >= 0.6 is 27.3 Å². The van der Waals surface area contributed by atoms with E-state index in [0.717, 1.165) is 27.0 Å². The van der Waals surface area contributed by atoms with Crippen molar-refractivity contribution in [2.75, 3.05) is 19.0 Å². The maximum Gasteiger partial charge on any atom is 0.264 e. The van der Waals surface area contributed by atoms with Crippen molar-refractivity contribution in [1.29, 1.82) is 0 Å². The molecule has 0 spiro atoms. The van der Waals surface area contributed by atoms with Crippen LogP contribution in [-0.2, 0) is 4.79 Å². The van der Waals surface area contributed by atoms with Crippen LogP contribution in [0.3, 0.4) is 0 Å². The molecule has 2 aromatic carbocycles. The lowest BCUT2D eigenvalue weighted by molar-refractivity contribution is -0.118. The van der Waals surface area contributed by atoms with Gasteiger partial charge in [-0.25, -0.2) is 4.98 Å². The Morgan fingerprint density at radius 1 is 1.21 bits per heavy atom. The normalized spacial score (nSPS) is 10.8. The van der Waals surface area contributed by atoms with Crippen molar-refractivity contribution in [3.63, 3.8) is 0 Å². The molecule has 0 radical (unpaired) electrons. The van der Waals surface area contributed by atoms with Crippen LogP contribution in [-0.4, -0.2) is 24.6 Å². The highest BCUT2D eigenvalue weighted by atomic mass is 79.9. The molecule has 3 aromatic rings. The molecule has 0 bridgehead atoms. The number of carbonyl (C=O) groups excluding carboxylic acids is 1. The van der Waals surface area contributed by atoms with Crippen LogP contribution in [0.5, 0.6) is 11.5 Å². The summed E-state index contributed by atoms with van der Waals surface area (Å²) in [5.74, 6) is 1.56. The van der Waals surface area contributed by atoms with E-state index in [4.69, 9.17) is 9.47 Å². The van der Waals surface area contributed by atoms with Crippen molar-refractivity contribution in [3.05, 3.63) is 57.9 Å². The van der Waals surface area contributed by atoms with Crippen LogP contribution in [0.4, 0.5) is 5.13 Å². The Bertz CT molecular complexity index is 955. The first-order chi connectivity index (χ1) is 13.5. The van der Waals surface area contributed by atoms with Gasteiger partial charge in [-0.3, -0.25) is 10.1 Å². The minimum Gasteiger partial charge on any atom is -0.497 e. The molecule has 0 unspecified atom stereocenters. The Balaban J connectivity index is 1.61. The van der Waals surface area contributed by atoms with Gasteiger partial charge in [0, 0.05) is 15.4 Å². The number of aromatic nitrogens is 1. The number of carbonyl (C=O) groups is 1. The summed E-state index contributed by atoms with van der Waals surface area (Å²) < 4.78 is 11.9. The third kappa shape index (κ3) is 5.11. The Morgan fingerprint density at radius 3 is 2.64 bits per heavy atom.